The second kappa shape index (κ2) is 6.72. The van der Waals surface area contributed by atoms with Crippen LogP contribution in [0.3, 0.4) is 0 Å². The number of benzene rings is 1. The Kier molecular flexibility index (Phi) is 4.63. The minimum Gasteiger partial charge on any atom is -0.466 e. The Bertz CT molecular complexity index is 767. The molecule has 0 aliphatic heterocycles. The van der Waals surface area contributed by atoms with Gasteiger partial charge in [-0.15, -0.1) is 0 Å². The molecule has 1 aliphatic rings. The Labute approximate surface area is 146 Å². The lowest BCUT2D eigenvalue weighted by molar-refractivity contribution is -0.117. The van der Waals surface area contributed by atoms with Crippen LogP contribution in [0.4, 0.5) is 5.69 Å². The molecule has 3 unspecified atom stereocenters. The van der Waals surface area contributed by atoms with E-state index in [4.69, 9.17) is 4.42 Å². The Balaban J connectivity index is 1.60. The van der Waals surface area contributed by atoms with Gasteiger partial charge in [0.2, 0.25) is 5.91 Å². The molecule has 1 saturated carbocycles. The van der Waals surface area contributed by atoms with Gasteiger partial charge in [0, 0.05) is 17.2 Å². The summed E-state index contributed by atoms with van der Waals surface area (Å²) in [4.78, 5) is 24.3. The van der Waals surface area contributed by atoms with Gasteiger partial charge < -0.3 is 20.2 Å². The van der Waals surface area contributed by atoms with Gasteiger partial charge in [0.25, 0.3) is 5.91 Å². The van der Waals surface area contributed by atoms with Crippen molar-refractivity contribution >= 4 is 17.5 Å². The zero-order valence-electron chi connectivity index (χ0n) is 14.3. The number of anilines is 1. The van der Waals surface area contributed by atoms with Gasteiger partial charge in [-0.25, -0.2) is 0 Å². The quantitative estimate of drug-likeness (QED) is 0.752. The summed E-state index contributed by atoms with van der Waals surface area (Å²) in [6, 6.07) is 10.1. The Morgan fingerprint density at radius 3 is 2.72 bits per heavy atom. The summed E-state index contributed by atoms with van der Waals surface area (Å²) in [5.41, 5.74) is -0.293. The molecule has 6 nitrogen and oxygen atoms in total. The van der Waals surface area contributed by atoms with Crippen molar-refractivity contribution in [2.24, 2.45) is 11.8 Å². The van der Waals surface area contributed by atoms with Crippen LogP contribution in [-0.4, -0.2) is 23.5 Å². The highest BCUT2D eigenvalue weighted by Gasteiger charge is 2.39. The monoisotopic (exact) mass is 342 g/mol. The van der Waals surface area contributed by atoms with E-state index in [0.717, 1.165) is 6.42 Å². The van der Waals surface area contributed by atoms with Gasteiger partial charge in [0.15, 0.2) is 0 Å². The molecule has 1 aromatic carbocycles. The number of carbonyl (C=O) groups excluding carboxylic acids is 2. The molecule has 0 bridgehead atoms. The maximum atomic E-state index is 12.3. The average Bonchev–Trinajstić information content (AvgIpc) is 3.08. The largest absolute Gasteiger partial charge is 0.466 e. The Hall–Kier alpha value is -2.60. The molecule has 132 valence electrons. The standard InChI is InChI=1S/C19H22N2O4/c1-12-9-15(12)18(23)21-14-6-3-5-13(10-14)17(22)20-11-19(2,24)16-7-4-8-25-16/h3-8,10,12,15,24H,9,11H2,1-2H3,(H,20,22)(H,21,23). The van der Waals surface area contributed by atoms with Crippen molar-refractivity contribution in [3.05, 3.63) is 54.0 Å². The SMILES string of the molecule is CC1CC1C(=O)Nc1cccc(C(=O)NCC(C)(O)c2ccco2)c1. The van der Waals surface area contributed by atoms with Gasteiger partial charge in [0.1, 0.15) is 11.4 Å². The summed E-state index contributed by atoms with van der Waals surface area (Å²) in [5, 5.41) is 15.9. The number of hydrogen-bond acceptors (Lipinski definition) is 4. The molecule has 0 saturated heterocycles. The fraction of sp³-hybridized carbons (Fsp3) is 0.368. The molecule has 1 heterocycles. The topological polar surface area (TPSA) is 91.6 Å². The minimum atomic E-state index is -1.30. The van der Waals surface area contributed by atoms with Crippen molar-refractivity contribution in [2.45, 2.75) is 25.9 Å². The van der Waals surface area contributed by atoms with Crippen LogP contribution in [0.15, 0.2) is 47.1 Å². The van der Waals surface area contributed by atoms with E-state index in [-0.39, 0.29) is 24.3 Å². The zero-order chi connectivity index (χ0) is 18.0. The maximum Gasteiger partial charge on any atom is 0.251 e. The molecule has 2 amide bonds. The molecule has 0 radical (unpaired) electrons. The highest BCUT2D eigenvalue weighted by atomic mass is 16.4. The number of furan rings is 1. The van der Waals surface area contributed by atoms with Gasteiger partial charge in [-0.2, -0.15) is 0 Å². The van der Waals surface area contributed by atoms with Crippen LogP contribution >= 0.6 is 0 Å². The van der Waals surface area contributed by atoms with E-state index in [2.05, 4.69) is 10.6 Å². The van der Waals surface area contributed by atoms with Crippen LogP contribution in [0.25, 0.3) is 0 Å². The fourth-order valence-corrected chi connectivity index (χ4v) is 2.69. The number of nitrogens with one attached hydrogen (secondary N) is 2. The molecule has 3 rings (SSSR count). The van der Waals surface area contributed by atoms with E-state index < -0.39 is 5.60 Å². The summed E-state index contributed by atoms with van der Waals surface area (Å²) in [5.74, 6) is 0.539. The van der Waals surface area contributed by atoms with E-state index in [1.165, 1.54) is 6.26 Å². The van der Waals surface area contributed by atoms with E-state index in [9.17, 15) is 14.7 Å². The molecule has 0 spiro atoms. The van der Waals surface area contributed by atoms with Gasteiger partial charge in [-0.05, 0) is 49.6 Å². The normalized spacial score (nSPS) is 21.2. The molecule has 25 heavy (non-hydrogen) atoms. The third-order valence-corrected chi connectivity index (χ3v) is 4.48. The minimum absolute atomic E-state index is 0.00851. The molecule has 1 aromatic heterocycles. The van der Waals surface area contributed by atoms with Crippen molar-refractivity contribution < 1.29 is 19.1 Å². The van der Waals surface area contributed by atoms with E-state index in [1.807, 2.05) is 6.92 Å². The van der Waals surface area contributed by atoms with Crippen molar-refractivity contribution in [3.63, 3.8) is 0 Å². The zero-order valence-corrected chi connectivity index (χ0v) is 14.3. The summed E-state index contributed by atoms with van der Waals surface area (Å²) in [7, 11) is 0. The number of amides is 2. The second-order valence-electron chi connectivity index (χ2n) is 6.82. The van der Waals surface area contributed by atoms with Crippen molar-refractivity contribution in [1.82, 2.24) is 5.32 Å². The number of hydrogen-bond donors (Lipinski definition) is 3. The molecule has 6 heteroatoms. The van der Waals surface area contributed by atoms with Crippen molar-refractivity contribution in [2.75, 3.05) is 11.9 Å². The first kappa shape index (κ1) is 17.2. The van der Waals surface area contributed by atoms with Gasteiger partial charge in [-0.1, -0.05) is 13.0 Å². The molecule has 1 fully saturated rings. The molecule has 3 atom stereocenters. The molecule has 3 N–H and O–H groups in total. The number of rotatable bonds is 6. The predicted octanol–water partition coefficient (Wildman–Crippen LogP) is 2.51. The second-order valence-corrected chi connectivity index (χ2v) is 6.82. The lowest BCUT2D eigenvalue weighted by Crippen LogP contribution is -2.38. The summed E-state index contributed by atoms with van der Waals surface area (Å²) in [6.45, 7) is 3.62. The van der Waals surface area contributed by atoms with Crippen LogP contribution in [0.1, 0.15) is 36.4 Å². The first-order chi connectivity index (χ1) is 11.9. The van der Waals surface area contributed by atoms with Gasteiger partial charge in [0.05, 0.1) is 12.8 Å². The maximum absolute atomic E-state index is 12.3. The lowest BCUT2D eigenvalue weighted by atomic mass is 10.0. The first-order valence-corrected chi connectivity index (χ1v) is 8.32. The van der Waals surface area contributed by atoms with E-state index in [0.29, 0.717) is 22.9 Å². The third-order valence-electron chi connectivity index (χ3n) is 4.48. The molecular formula is C19H22N2O4. The molecule has 2 aromatic rings. The first-order valence-electron chi connectivity index (χ1n) is 8.32. The average molecular weight is 342 g/mol. The van der Waals surface area contributed by atoms with Crippen LogP contribution in [-0.2, 0) is 10.4 Å². The Morgan fingerprint density at radius 2 is 2.08 bits per heavy atom. The number of aliphatic hydroxyl groups is 1. The Morgan fingerprint density at radius 1 is 1.32 bits per heavy atom. The van der Waals surface area contributed by atoms with Crippen LogP contribution in [0.2, 0.25) is 0 Å². The van der Waals surface area contributed by atoms with Gasteiger partial charge in [-0.3, -0.25) is 9.59 Å². The highest BCUT2D eigenvalue weighted by molar-refractivity contribution is 5.98. The summed E-state index contributed by atoms with van der Waals surface area (Å²) >= 11 is 0. The lowest BCUT2D eigenvalue weighted by Gasteiger charge is -2.21. The van der Waals surface area contributed by atoms with Crippen molar-refractivity contribution in [3.8, 4) is 0 Å². The van der Waals surface area contributed by atoms with Gasteiger partial charge >= 0.3 is 0 Å². The van der Waals surface area contributed by atoms with Crippen molar-refractivity contribution in [1.29, 1.82) is 0 Å². The summed E-state index contributed by atoms with van der Waals surface area (Å²) in [6.07, 6.45) is 2.38. The van der Waals surface area contributed by atoms with Crippen LogP contribution in [0, 0.1) is 11.8 Å². The third kappa shape index (κ3) is 4.09. The highest BCUT2D eigenvalue weighted by Crippen LogP contribution is 2.38. The smallest absolute Gasteiger partial charge is 0.251 e. The summed E-state index contributed by atoms with van der Waals surface area (Å²) < 4.78 is 5.19. The number of carbonyl (C=O) groups is 2. The van der Waals surface area contributed by atoms with Crippen LogP contribution < -0.4 is 10.6 Å². The molecular weight excluding hydrogens is 320 g/mol. The van der Waals surface area contributed by atoms with E-state index in [1.54, 1.807) is 43.3 Å². The van der Waals surface area contributed by atoms with Crippen LogP contribution in [0.5, 0.6) is 0 Å². The predicted molar refractivity (Wildman–Crippen MR) is 93.0 cm³/mol. The molecule has 1 aliphatic carbocycles. The fourth-order valence-electron chi connectivity index (χ4n) is 2.69. The van der Waals surface area contributed by atoms with E-state index >= 15 is 0 Å².